The molecule has 0 aromatic heterocycles. The van der Waals surface area contributed by atoms with Gasteiger partial charge in [0.1, 0.15) is 17.7 Å². The number of hydrogen-bond acceptors (Lipinski definition) is 7. The Kier molecular flexibility index (Phi) is 10.9. The zero-order chi connectivity index (χ0) is 32.2. The monoisotopic (exact) mass is 629 g/mol. The highest BCUT2D eigenvalue weighted by atomic mass is 35.5. The van der Waals surface area contributed by atoms with E-state index in [0.29, 0.717) is 36.4 Å². The number of rotatable bonds is 15. The first-order chi connectivity index (χ1) is 21.0. The van der Waals surface area contributed by atoms with Crippen molar-refractivity contribution in [1.82, 2.24) is 10.2 Å². The second kappa shape index (κ2) is 14.3. The van der Waals surface area contributed by atoms with Gasteiger partial charge < -0.3 is 29.7 Å². The van der Waals surface area contributed by atoms with E-state index in [2.05, 4.69) is 18.5 Å². The molecule has 4 rings (SSSR count). The number of aliphatic hydroxyl groups is 1. The molecular formula is C33H44ClN3O7. The SMILES string of the molecule is C=CCCC(=O)NC[C@@H](C)OC(=O)[C@@H]1[C@H]2C(=O)N([C@@H](CO)[C@@H](C)CC)[C@H](C(=O)N(CC=C)c3ccc(Cl)cc3)[C@]23CC[C@H]1O3. The highest BCUT2D eigenvalue weighted by Gasteiger charge is 2.76. The summed E-state index contributed by atoms with van der Waals surface area (Å²) in [6, 6.07) is 5.07. The normalized spacial score (nSPS) is 27.3. The number of fused-ring (bicyclic) bond motifs is 1. The molecule has 2 bridgehead atoms. The quantitative estimate of drug-likeness (QED) is 0.224. The molecule has 3 aliphatic rings. The predicted octanol–water partition coefficient (Wildman–Crippen LogP) is 3.65. The van der Waals surface area contributed by atoms with E-state index >= 15 is 0 Å². The van der Waals surface area contributed by atoms with Crippen LogP contribution in [0.15, 0.2) is 49.6 Å². The number of amides is 3. The minimum absolute atomic E-state index is 0.120. The molecule has 0 aliphatic carbocycles. The first-order valence-corrected chi connectivity index (χ1v) is 15.8. The maximum atomic E-state index is 14.6. The summed E-state index contributed by atoms with van der Waals surface area (Å²) in [4.78, 5) is 57.8. The number of nitrogens with zero attached hydrogens (tertiary/aromatic N) is 2. The van der Waals surface area contributed by atoms with Crippen molar-refractivity contribution in [2.45, 2.75) is 82.8 Å². The molecule has 240 valence electrons. The fourth-order valence-corrected chi connectivity index (χ4v) is 7.05. The maximum Gasteiger partial charge on any atom is 0.312 e. The van der Waals surface area contributed by atoms with Gasteiger partial charge in [-0.15, -0.1) is 13.2 Å². The molecule has 44 heavy (non-hydrogen) atoms. The number of hydrogen-bond donors (Lipinski definition) is 2. The molecule has 8 atom stereocenters. The van der Waals surface area contributed by atoms with Crippen molar-refractivity contribution in [3.63, 3.8) is 0 Å². The van der Waals surface area contributed by atoms with Crippen LogP contribution < -0.4 is 10.2 Å². The fourth-order valence-electron chi connectivity index (χ4n) is 6.93. The van der Waals surface area contributed by atoms with Crippen molar-refractivity contribution in [2.24, 2.45) is 17.8 Å². The number of benzene rings is 1. The Hall–Kier alpha value is -3.21. The van der Waals surface area contributed by atoms with Gasteiger partial charge in [-0.25, -0.2) is 0 Å². The summed E-state index contributed by atoms with van der Waals surface area (Å²) in [5, 5.41) is 13.8. The summed E-state index contributed by atoms with van der Waals surface area (Å²) in [7, 11) is 0. The van der Waals surface area contributed by atoms with Crippen molar-refractivity contribution in [2.75, 3.05) is 24.6 Å². The Bertz CT molecular complexity index is 1260. The van der Waals surface area contributed by atoms with E-state index in [0.717, 1.165) is 0 Å². The Balaban J connectivity index is 1.67. The molecule has 3 heterocycles. The average molecular weight is 630 g/mol. The van der Waals surface area contributed by atoms with Crippen molar-refractivity contribution >= 4 is 41.0 Å². The third-order valence-corrected chi connectivity index (χ3v) is 9.54. The molecular weight excluding hydrogens is 586 g/mol. The molecule has 2 N–H and O–H groups in total. The van der Waals surface area contributed by atoms with Crippen LogP contribution in [0.25, 0.3) is 0 Å². The van der Waals surface area contributed by atoms with E-state index in [1.165, 1.54) is 9.80 Å². The number of likely N-dealkylation sites (tertiary alicyclic amines) is 1. The first kappa shape index (κ1) is 33.7. The van der Waals surface area contributed by atoms with Gasteiger partial charge in [0.15, 0.2) is 0 Å². The molecule has 0 saturated carbocycles. The second-order valence-corrected chi connectivity index (χ2v) is 12.5. The second-order valence-electron chi connectivity index (χ2n) is 12.0. The van der Waals surface area contributed by atoms with Crippen LogP contribution in [0.2, 0.25) is 5.02 Å². The fraction of sp³-hybridized carbons (Fsp3) is 0.576. The summed E-state index contributed by atoms with van der Waals surface area (Å²) in [5.41, 5.74) is -0.694. The predicted molar refractivity (Wildman–Crippen MR) is 167 cm³/mol. The van der Waals surface area contributed by atoms with E-state index in [1.54, 1.807) is 43.3 Å². The van der Waals surface area contributed by atoms with Crippen LogP contribution >= 0.6 is 11.6 Å². The molecule has 1 spiro atoms. The number of allylic oxidation sites excluding steroid dienone is 1. The number of carbonyl (C=O) groups is 4. The molecule has 3 amide bonds. The minimum Gasteiger partial charge on any atom is -0.460 e. The lowest BCUT2D eigenvalue weighted by Crippen LogP contribution is -2.60. The smallest absolute Gasteiger partial charge is 0.312 e. The standard InChI is InChI=1S/C33H44ClN3O7/c1-6-9-10-26(39)35-18-21(5)43-32(42)27-25-15-16-33(44-25)28(27)30(40)37(24(19-38)20(4)8-3)29(33)31(41)36(17-7-2)23-13-11-22(34)12-14-23/h6-7,11-14,20-21,24-25,27-29,38H,1-2,8-10,15-19H2,3-5H3,(H,35,39)/t20-,21+,24-,25+,27-,28-,29+,33-/m0/s1. The van der Waals surface area contributed by atoms with Crippen LogP contribution in [-0.4, -0.2) is 83.3 Å². The largest absolute Gasteiger partial charge is 0.460 e. The van der Waals surface area contributed by atoms with E-state index in [4.69, 9.17) is 21.1 Å². The third-order valence-electron chi connectivity index (χ3n) is 9.28. The maximum absolute atomic E-state index is 14.6. The number of carbonyl (C=O) groups excluding carboxylic acids is 4. The molecule has 11 heteroatoms. The zero-order valence-corrected chi connectivity index (χ0v) is 26.5. The van der Waals surface area contributed by atoms with Crippen LogP contribution in [0.1, 0.15) is 52.9 Å². The lowest BCUT2D eigenvalue weighted by atomic mass is 9.70. The summed E-state index contributed by atoms with van der Waals surface area (Å²) < 4.78 is 12.3. The number of esters is 1. The Labute approximate surface area is 264 Å². The number of anilines is 1. The van der Waals surface area contributed by atoms with Crippen LogP contribution in [0.3, 0.4) is 0 Å². The van der Waals surface area contributed by atoms with E-state index in [1.807, 2.05) is 13.8 Å². The molecule has 1 aromatic carbocycles. The molecule has 0 unspecified atom stereocenters. The van der Waals surface area contributed by atoms with E-state index < -0.39 is 53.6 Å². The topological polar surface area (TPSA) is 125 Å². The van der Waals surface area contributed by atoms with Crippen molar-refractivity contribution in [3.05, 3.63) is 54.6 Å². The van der Waals surface area contributed by atoms with Crippen LogP contribution in [-0.2, 0) is 28.7 Å². The summed E-state index contributed by atoms with van der Waals surface area (Å²) >= 11 is 6.12. The highest BCUT2D eigenvalue weighted by Crippen LogP contribution is 2.59. The van der Waals surface area contributed by atoms with Gasteiger partial charge in [-0.1, -0.05) is 44.0 Å². The first-order valence-electron chi connectivity index (χ1n) is 15.4. The lowest BCUT2D eigenvalue weighted by Gasteiger charge is -2.40. The molecule has 3 aliphatic heterocycles. The van der Waals surface area contributed by atoms with Gasteiger partial charge >= 0.3 is 5.97 Å². The summed E-state index contributed by atoms with van der Waals surface area (Å²) in [5.74, 6) is -3.56. The van der Waals surface area contributed by atoms with Gasteiger partial charge in [-0.3, -0.25) is 19.2 Å². The molecule has 1 aromatic rings. The van der Waals surface area contributed by atoms with E-state index in [9.17, 15) is 24.3 Å². The lowest BCUT2D eigenvalue weighted by molar-refractivity contribution is -0.160. The average Bonchev–Trinajstić information content (AvgIpc) is 3.66. The minimum atomic E-state index is -1.27. The number of halogens is 1. The van der Waals surface area contributed by atoms with Crippen LogP contribution in [0.5, 0.6) is 0 Å². The highest BCUT2D eigenvalue weighted by molar-refractivity contribution is 6.30. The van der Waals surface area contributed by atoms with Gasteiger partial charge in [0.2, 0.25) is 11.8 Å². The van der Waals surface area contributed by atoms with Crippen LogP contribution in [0, 0.1) is 17.8 Å². The summed E-state index contributed by atoms with van der Waals surface area (Å²) in [6.45, 7) is 12.9. The number of nitrogens with one attached hydrogen (secondary N) is 1. The van der Waals surface area contributed by atoms with Crippen molar-refractivity contribution in [3.8, 4) is 0 Å². The Morgan fingerprint density at radius 1 is 1.25 bits per heavy atom. The van der Waals surface area contributed by atoms with Gasteiger partial charge in [0.25, 0.3) is 5.91 Å². The van der Waals surface area contributed by atoms with Crippen molar-refractivity contribution in [1.29, 1.82) is 0 Å². The van der Waals surface area contributed by atoms with Crippen molar-refractivity contribution < 1.29 is 33.8 Å². The van der Waals surface area contributed by atoms with Gasteiger partial charge in [-0.05, 0) is 56.4 Å². The molecule has 3 fully saturated rings. The van der Waals surface area contributed by atoms with Gasteiger partial charge in [-0.2, -0.15) is 0 Å². The van der Waals surface area contributed by atoms with Gasteiger partial charge in [0, 0.05) is 23.7 Å². The Morgan fingerprint density at radius 3 is 2.57 bits per heavy atom. The third kappa shape index (κ3) is 6.30. The van der Waals surface area contributed by atoms with Gasteiger partial charge in [0.05, 0.1) is 37.1 Å². The summed E-state index contributed by atoms with van der Waals surface area (Å²) in [6.07, 6.45) is 4.38. The Morgan fingerprint density at radius 2 is 1.95 bits per heavy atom. The van der Waals surface area contributed by atoms with Crippen LogP contribution in [0.4, 0.5) is 5.69 Å². The molecule has 3 saturated heterocycles. The number of aliphatic hydroxyl groups excluding tert-OH is 1. The molecule has 10 nitrogen and oxygen atoms in total. The zero-order valence-electron chi connectivity index (χ0n) is 25.7. The van der Waals surface area contributed by atoms with E-state index in [-0.39, 0.29) is 43.8 Å². The molecule has 0 radical (unpaired) electrons. The number of ether oxygens (including phenoxy) is 2.